The number of amides is 1. The van der Waals surface area contributed by atoms with Crippen LogP contribution in [0.5, 0.6) is 0 Å². The third-order valence-electron chi connectivity index (χ3n) is 3.95. The van der Waals surface area contributed by atoms with Crippen molar-refractivity contribution in [2.24, 2.45) is 5.92 Å². The van der Waals surface area contributed by atoms with Crippen molar-refractivity contribution in [2.75, 3.05) is 31.1 Å². The first-order valence-electron chi connectivity index (χ1n) is 6.76. The molecule has 6 heteroatoms. The van der Waals surface area contributed by atoms with Crippen molar-refractivity contribution >= 4 is 15.7 Å². The Morgan fingerprint density at radius 3 is 2.89 bits per heavy atom. The largest absolute Gasteiger partial charge is 0.341 e. The van der Waals surface area contributed by atoms with Crippen molar-refractivity contribution in [3.8, 4) is 0 Å². The standard InChI is InChI=1S/C12H22N2O3S/c1-2-18(16,17)8-4-7-14-9-11-10(12(14)15)5-3-6-13-11/h10-11,13H,2-9H2,1H3. The summed E-state index contributed by atoms with van der Waals surface area (Å²) in [5, 5.41) is 3.38. The number of hydrogen-bond acceptors (Lipinski definition) is 4. The maximum absolute atomic E-state index is 12.1. The molecule has 1 N–H and O–H groups in total. The Kier molecular flexibility index (Phi) is 4.27. The minimum absolute atomic E-state index is 0.126. The highest BCUT2D eigenvalue weighted by Gasteiger charge is 2.40. The van der Waals surface area contributed by atoms with E-state index in [0.717, 1.165) is 25.9 Å². The fourth-order valence-corrected chi connectivity index (χ4v) is 3.68. The maximum Gasteiger partial charge on any atom is 0.227 e. The molecule has 0 aromatic carbocycles. The zero-order valence-electron chi connectivity index (χ0n) is 10.9. The first kappa shape index (κ1) is 13.8. The molecule has 0 aliphatic carbocycles. The number of rotatable bonds is 5. The fraction of sp³-hybridized carbons (Fsp3) is 0.917. The minimum Gasteiger partial charge on any atom is -0.341 e. The van der Waals surface area contributed by atoms with E-state index < -0.39 is 9.84 Å². The third kappa shape index (κ3) is 3.03. The predicted molar refractivity (Wildman–Crippen MR) is 70.0 cm³/mol. The quantitative estimate of drug-likeness (QED) is 0.767. The SMILES string of the molecule is CCS(=O)(=O)CCCN1CC2NCCCC2C1=O. The summed E-state index contributed by atoms with van der Waals surface area (Å²) in [5.74, 6) is 0.715. The molecule has 0 aromatic rings. The van der Waals surface area contributed by atoms with Gasteiger partial charge < -0.3 is 10.2 Å². The maximum atomic E-state index is 12.1. The summed E-state index contributed by atoms with van der Waals surface area (Å²) >= 11 is 0. The third-order valence-corrected chi connectivity index (χ3v) is 5.74. The van der Waals surface area contributed by atoms with E-state index in [1.807, 2.05) is 4.90 Å². The summed E-state index contributed by atoms with van der Waals surface area (Å²) in [6.45, 7) is 3.98. The highest BCUT2D eigenvalue weighted by molar-refractivity contribution is 7.91. The smallest absolute Gasteiger partial charge is 0.227 e. The van der Waals surface area contributed by atoms with Crippen molar-refractivity contribution < 1.29 is 13.2 Å². The lowest BCUT2D eigenvalue weighted by Crippen LogP contribution is -2.41. The van der Waals surface area contributed by atoms with E-state index in [-0.39, 0.29) is 29.4 Å². The van der Waals surface area contributed by atoms with Gasteiger partial charge in [-0.2, -0.15) is 0 Å². The normalized spacial score (nSPS) is 28.5. The molecule has 2 saturated heterocycles. The van der Waals surface area contributed by atoms with Gasteiger partial charge in [0.25, 0.3) is 0 Å². The lowest BCUT2D eigenvalue weighted by Gasteiger charge is -2.23. The first-order valence-corrected chi connectivity index (χ1v) is 8.58. The number of sulfone groups is 1. The van der Waals surface area contributed by atoms with E-state index in [1.165, 1.54) is 0 Å². The molecule has 2 heterocycles. The van der Waals surface area contributed by atoms with Crippen LogP contribution in [-0.4, -0.2) is 56.4 Å². The Balaban J connectivity index is 1.82. The molecule has 0 aromatic heterocycles. The van der Waals surface area contributed by atoms with Crippen molar-refractivity contribution in [1.29, 1.82) is 0 Å². The fourth-order valence-electron chi connectivity index (χ4n) is 2.82. The average molecular weight is 274 g/mol. The number of carbonyl (C=O) groups is 1. The van der Waals surface area contributed by atoms with Gasteiger partial charge in [0.2, 0.25) is 5.91 Å². The molecule has 0 bridgehead atoms. The summed E-state index contributed by atoms with van der Waals surface area (Å²) in [7, 11) is -2.91. The van der Waals surface area contributed by atoms with Crippen molar-refractivity contribution in [2.45, 2.75) is 32.2 Å². The van der Waals surface area contributed by atoms with Crippen LogP contribution < -0.4 is 5.32 Å². The molecule has 2 unspecified atom stereocenters. The molecule has 1 amide bonds. The number of nitrogens with one attached hydrogen (secondary N) is 1. The van der Waals surface area contributed by atoms with E-state index in [9.17, 15) is 13.2 Å². The number of hydrogen-bond donors (Lipinski definition) is 1. The molecule has 2 aliphatic rings. The summed E-state index contributed by atoms with van der Waals surface area (Å²) < 4.78 is 22.8. The van der Waals surface area contributed by atoms with Crippen LogP contribution in [0, 0.1) is 5.92 Å². The summed E-state index contributed by atoms with van der Waals surface area (Å²) in [4.78, 5) is 13.9. The van der Waals surface area contributed by atoms with Crippen LogP contribution in [-0.2, 0) is 14.6 Å². The summed E-state index contributed by atoms with van der Waals surface area (Å²) in [6, 6.07) is 0.286. The highest BCUT2D eigenvalue weighted by atomic mass is 32.2. The summed E-state index contributed by atoms with van der Waals surface area (Å²) in [6.07, 6.45) is 2.59. The van der Waals surface area contributed by atoms with Crippen LogP contribution in [0.4, 0.5) is 0 Å². The monoisotopic (exact) mass is 274 g/mol. The Morgan fingerprint density at radius 1 is 1.44 bits per heavy atom. The molecule has 18 heavy (non-hydrogen) atoms. The van der Waals surface area contributed by atoms with E-state index in [2.05, 4.69) is 5.32 Å². The van der Waals surface area contributed by atoms with E-state index in [0.29, 0.717) is 13.0 Å². The van der Waals surface area contributed by atoms with Crippen molar-refractivity contribution in [1.82, 2.24) is 10.2 Å². The summed E-state index contributed by atoms with van der Waals surface area (Å²) in [5.41, 5.74) is 0. The minimum atomic E-state index is -2.91. The van der Waals surface area contributed by atoms with Gasteiger partial charge in [-0.25, -0.2) is 8.42 Å². The van der Waals surface area contributed by atoms with Gasteiger partial charge >= 0.3 is 0 Å². The van der Waals surface area contributed by atoms with E-state index in [1.54, 1.807) is 6.92 Å². The van der Waals surface area contributed by atoms with Gasteiger partial charge in [0, 0.05) is 24.9 Å². The number of nitrogens with zero attached hydrogens (tertiary/aromatic N) is 1. The molecule has 2 atom stereocenters. The van der Waals surface area contributed by atoms with Gasteiger partial charge in [0.15, 0.2) is 0 Å². The molecule has 5 nitrogen and oxygen atoms in total. The van der Waals surface area contributed by atoms with Gasteiger partial charge in [-0.3, -0.25) is 4.79 Å². The zero-order valence-corrected chi connectivity index (χ0v) is 11.7. The lowest BCUT2D eigenvalue weighted by atomic mass is 9.94. The van der Waals surface area contributed by atoms with Crippen LogP contribution >= 0.6 is 0 Å². The Morgan fingerprint density at radius 2 is 2.22 bits per heavy atom. The van der Waals surface area contributed by atoms with Crippen LogP contribution in [0.2, 0.25) is 0 Å². The van der Waals surface area contributed by atoms with Gasteiger partial charge in [-0.1, -0.05) is 6.92 Å². The van der Waals surface area contributed by atoms with Crippen LogP contribution in [0.3, 0.4) is 0 Å². The number of carbonyl (C=O) groups excluding carboxylic acids is 1. The Labute approximate surface area is 109 Å². The van der Waals surface area contributed by atoms with Gasteiger partial charge in [0.1, 0.15) is 9.84 Å². The highest BCUT2D eigenvalue weighted by Crippen LogP contribution is 2.26. The molecular formula is C12H22N2O3S. The van der Waals surface area contributed by atoms with Gasteiger partial charge in [0.05, 0.1) is 11.7 Å². The first-order chi connectivity index (χ1) is 8.53. The number of likely N-dealkylation sites (tertiary alicyclic amines) is 1. The van der Waals surface area contributed by atoms with Gasteiger partial charge in [-0.05, 0) is 25.8 Å². The predicted octanol–water partition coefficient (Wildman–Crippen LogP) is 0.0216. The molecule has 2 fully saturated rings. The van der Waals surface area contributed by atoms with Crippen LogP contribution in [0.1, 0.15) is 26.2 Å². The number of fused-ring (bicyclic) bond motifs is 1. The second-order valence-corrected chi connectivity index (χ2v) is 7.66. The van der Waals surface area contributed by atoms with Crippen LogP contribution in [0.15, 0.2) is 0 Å². The topological polar surface area (TPSA) is 66.5 Å². The Bertz CT molecular complexity index is 408. The van der Waals surface area contributed by atoms with Gasteiger partial charge in [-0.15, -0.1) is 0 Å². The molecule has 2 rings (SSSR count). The molecule has 104 valence electrons. The number of piperidine rings is 1. The molecule has 0 spiro atoms. The molecule has 2 aliphatic heterocycles. The van der Waals surface area contributed by atoms with E-state index >= 15 is 0 Å². The Hall–Kier alpha value is -0.620. The van der Waals surface area contributed by atoms with Crippen molar-refractivity contribution in [3.63, 3.8) is 0 Å². The molecule has 0 saturated carbocycles. The van der Waals surface area contributed by atoms with Crippen LogP contribution in [0.25, 0.3) is 0 Å². The zero-order chi connectivity index (χ0) is 13.2. The molecular weight excluding hydrogens is 252 g/mol. The lowest BCUT2D eigenvalue weighted by molar-refractivity contribution is -0.131. The average Bonchev–Trinajstić information content (AvgIpc) is 2.67. The van der Waals surface area contributed by atoms with E-state index in [4.69, 9.17) is 0 Å². The second-order valence-electron chi connectivity index (χ2n) is 5.18. The second kappa shape index (κ2) is 5.57. The van der Waals surface area contributed by atoms with Crippen molar-refractivity contribution in [3.05, 3.63) is 0 Å². The molecule has 0 radical (unpaired) electrons.